The molecule has 0 aliphatic carbocycles. The fourth-order valence-electron chi connectivity index (χ4n) is 4.34. The highest BCUT2D eigenvalue weighted by Crippen LogP contribution is 2.29. The average Bonchev–Trinajstić information content (AvgIpc) is 3.04. The zero-order valence-corrected chi connectivity index (χ0v) is 19.7. The SMILES string of the molecule is CN=S1NC(C(C)CCc2ccccc2)CCc2c1cn(C)c2C(=O)Nc1ccncc1. The number of nitrogens with one attached hydrogen (secondary N) is 2. The molecule has 6 nitrogen and oxygen atoms in total. The number of nitrogens with zero attached hydrogens (tertiary/aromatic N) is 3. The number of amides is 1. The van der Waals surface area contributed by atoms with Crippen molar-refractivity contribution < 1.29 is 4.79 Å². The van der Waals surface area contributed by atoms with Gasteiger partial charge in [0.05, 0.1) is 4.90 Å². The number of carbonyl (C=O) groups is 1. The minimum Gasteiger partial charge on any atom is -0.345 e. The molecule has 1 amide bonds. The molecular weight excluding hydrogens is 418 g/mol. The van der Waals surface area contributed by atoms with Crippen LogP contribution in [-0.2, 0) is 30.8 Å². The van der Waals surface area contributed by atoms with Crippen LogP contribution in [0.25, 0.3) is 0 Å². The summed E-state index contributed by atoms with van der Waals surface area (Å²) in [6.45, 7) is 2.32. The van der Waals surface area contributed by atoms with E-state index in [9.17, 15) is 4.79 Å². The van der Waals surface area contributed by atoms with Crippen LogP contribution in [0.15, 0.2) is 70.3 Å². The standard InChI is InChI=1S/C25H31N5OS/c1-18(9-10-19-7-5-4-6-8-19)22-12-11-21-23(32(26-2)29-22)17-30(3)24(21)25(31)28-20-13-15-27-16-14-20/h4-8,13-18,22H,9-12H2,1-3H3,(H,26,29)(H,27,28,31). The molecule has 7 heteroatoms. The lowest BCUT2D eigenvalue weighted by molar-refractivity contribution is 0.101. The molecule has 3 atom stereocenters. The van der Waals surface area contributed by atoms with Gasteiger partial charge in [-0.1, -0.05) is 37.3 Å². The van der Waals surface area contributed by atoms with E-state index >= 15 is 0 Å². The van der Waals surface area contributed by atoms with E-state index in [1.54, 1.807) is 24.5 Å². The highest BCUT2D eigenvalue weighted by molar-refractivity contribution is 7.85. The summed E-state index contributed by atoms with van der Waals surface area (Å²) >= 11 is 0. The van der Waals surface area contributed by atoms with E-state index in [2.05, 4.69) is 62.8 Å². The maximum Gasteiger partial charge on any atom is 0.272 e. The number of fused-ring (bicyclic) bond motifs is 1. The van der Waals surface area contributed by atoms with Crippen molar-refractivity contribution in [2.45, 2.75) is 43.5 Å². The zero-order chi connectivity index (χ0) is 22.5. The van der Waals surface area contributed by atoms with Crippen LogP contribution in [0.5, 0.6) is 0 Å². The van der Waals surface area contributed by atoms with Crippen molar-refractivity contribution in [3.8, 4) is 0 Å². The van der Waals surface area contributed by atoms with Gasteiger partial charge in [-0.15, -0.1) is 0 Å². The number of benzene rings is 1. The van der Waals surface area contributed by atoms with Crippen LogP contribution in [0.2, 0.25) is 0 Å². The van der Waals surface area contributed by atoms with Crippen LogP contribution in [0.1, 0.15) is 41.4 Å². The van der Waals surface area contributed by atoms with Crippen LogP contribution in [0, 0.1) is 5.92 Å². The van der Waals surface area contributed by atoms with E-state index in [1.807, 2.05) is 18.7 Å². The topological polar surface area (TPSA) is 71.3 Å². The molecule has 0 fully saturated rings. The Hall–Kier alpha value is -2.77. The molecule has 0 bridgehead atoms. The summed E-state index contributed by atoms with van der Waals surface area (Å²) < 4.78 is 10.4. The lowest BCUT2D eigenvalue weighted by Crippen LogP contribution is -2.35. The van der Waals surface area contributed by atoms with Gasteiger partial charge in [0.2, 0.25) is 0 Å². The van der Waals surface area contributed by atoms with E-state index in [4.69, 9.17) is 0 Å². The van der Waals surface area contributed by atoms with Gasteiger partial charge >= 0.3 is 0 Å². The fraction of sp³-hybridized carbons (Fsp3) is 0.360. The molecule has 3 heterocycles. The third-order valence-corrected chi connectivity index (χ3v) is 7.84. The Balaban J connectivity index is 1.51. The molecule has 2 N–H and O–H groups in total. The number of aromatic nitrogens is 2. The largest absolute Gasteiger partial charge is 0.345 e. The Morgan fingerprint density at radius 2 is 2.03 bits per heavy atom. The van der Waals surface area contributed by atoms with Gasteiger partial charge in [0.25, 0.3) is 5.91 Å². The summed E-state index contributed by atoms with van der Waals surface area (Å²) in [5.41, 5.74) is 3.96. The second-order valence-electron chi connectivity index (χ2n) is 8.35. The molecule has 0 saturated carbocycles. The molecule has 2 aromatic heterocycles. The second kappa shape index (κ2) is 10.2. The smallest absolute Gasteiger partial charge is 0.272 e. The molecule has 4 rings (SSSR count). The van der Waals surface area contributed by atoms with Crippen molar-refractivity contribution in [1.82, 2.24) is 14.3 Å². The Morgan fingerprint density at radius 3 is 2.75 bits per heavy atom. The summed E-state index contributed by atoms with van der Waals surface area (Å²) in [4.78, 5) is 18.3. The first-order valence-corrected chi connectivity index (χ1v) is 12.3. The van der Waals surface area contributed by atoms with Crippen LogP contribution in [0.4, 0.5) is 5.69 Å². The number of hydrogen-bond acceptors (Lipinski definition) is 3. The van der Waals surface area contributed by atoms with Gasteiger partial charge < -0.3 is 9.88 Å². The number of pyridine rings is 1. The summed E-state index contributed by atoms with van der Waals surface area (Å²) in [5, 5.41) is 3.01. The number of carbonyl (C=O) groups excluding carboxylic acids is 1. The Bertz CT molecular complexity index is 1090. The highest BCUT2D eigenvalue weighted by atomic mass is 32.2. The van der Waals surface area contributed by atoms with E-state index in [0.717, 1.165) is 47.5 Å². The van der Waals surface area contributed by atoms with Crippen molar-refractivity contribution in [2.75, 3.05) is 12.4 Å². The lowest BCUT2D eigenvalue weighted by Gasteiger charge is -2.24. The monoisotopic (exact) mass is 449 g/mol. The van der Waals surface area contributed by atoms with Gasteiger partial charge in [-0.2, -0.15) is 0 Å². The number of anilines is 1. The summed E-state index contributed by atoms with van der Waals surface area (Å²) in [7, 11) is 3.37. The molecule has 1 aromatic carbocycles. The van der Waals surface area contributed by atoms with Gasteiger partial charge in [-0.25, -0.2) is 9.08 Å². The van der Waals surface area contributed by atoms with E-state index < -0.39 is 10.9 Å². The van der Waals surface area contributed by atoms with Crippen molar-refractivity contribution in [3.63, 3.8) is 0 Å². The summed E-state index contributed by atoms with van der Waals surface area (Å²) in [6.07, 6.45) is 9.47. The molecular formula is C25H31N5OS. The van der Waals surface area contributed by atoms with Crippen LogP contribution >= 0.6 is 0 Å². The maximum atomic E-state index is 13.1. The number of aryl methyl sites for hydroxylation is 2. The quantitative estimate of drug-likeness (QED) is 0.580. The number of hydrogen-bond donors (Lipinski definition) is 2. The third kappa shape index (κ3) is 5.00. The minimum atomic E-state index is -0.431. The molecule has 32 heavy (non-hydrogen) atoms. The van der Waals surface area contributed by atoms with Crippen molar-refractivity contribution in [1.29, 1.82) is 0 Å². The molecule has 3 aromatic rings. The van der Waals surface area contributed by atoms with Crippen molar-refractivity contribution in [3.05, 3.63) is 77.9 Å². The van der Waals surface area contributed by atoms with Crippen LogP contribution < -0.4 is 10.0 Å². The second-order valence-corrected chi connectivity index (χ2v) is 9.96. The van der Waals surface area contributed by atoms with Crippen molar-refractivity contribution in [2.24, 2.45) is 17.3 Å². The minimum absolute atomic E-state index is 0.0878. The van der Waals surface area contributed by atoms with Gasteiger partial charge in [0.15, 0.2) is 0 Å². The molecule has 3 unspecified atom stereocenters. The average molecular weight is 450 g/mol. The Morgan fingerprint density at radius 1 is 1.28 bits per heavy atom. The predicted molar refractivity (Wildman–Crippen MR) is 131 cm³/mol. The van der Waals surface area contributed by atoms with Gasteiger partial charge in [0, 0.05) is 55.3 Å². The van der Waals surface area contributed by atoms with Crippen LogP contribution in [0.3, 0.4) is 0 Å². The molecule has 0 spiro atoms. The molecule has 0 radical (unpaired) electrons. The molecule has 168 valence electrons. The zero-order valence-electron chi connectivity index (χ0n) is 18.9. The summed E-state index contributed by atoms with van der Waals surface area (Å²) in [5.74, 6) is 0.425. The first-order chi connectivity index (χ1) is 15.6. The van der Waals surface area contributed by atoms with Gasteiger partial charge in [0.1, 0.15) is 5.69 Å². The lowest BCUT2D eigenvalue weighted by atomic mass is 9.91. The Kier molecular flexibility index (Phi) is 7.17. The normalized spacial score (nSPS) is 19.2. The Labute approximate surface area is 192 Å². The molecule has 1 aliphatic rings. The van der Waals surface area contributed by atoms with Gasteiger partial charge in [-0.3, -0.25) is 9.78 Å². The van der Waals surface area contributed by atoms with Gasteiger partial charge in [-0.05, 0) is 54.9 Å². The highest BCUT2D eigenvalue weighted by Gasteiger charge is 2.29. The maximum absolute atomic E-state index is 13.1. The van der Waals surface area contributed by atoms with E-state index in [0.29, 0.717) is 12.0 Å². The van der Waals surface area contributed by atoms with E-state index in [-0.39, 0.29) is 5.91 Å². The van der Waals surface area contributed by atoms with Crippen LogP contribution in [-0.4, -0.2) is 28.5 Å². The first-order valence-electron chi connectivity index (χ1n) is 11.1. The number of rotatable bonds is 6. The summed E-state index contributed by atoms with van der Waals surface area (Å²) in [6, 6.07) is 14.6. The molecule has 1 aliphatic heterocycles. The molecule has 0 saturated heterocycles. The fourth-order valence-corrected chi connectivity index (χ4v) is 6.09. The van der Waals surface area contributed by atoms with Crippen molar-refractivity contribution >= 4 is 22.5 Å². The van der Waals surface area contributed by atoms with E-state index in [1.165, 1.54) is 5.56 Å². The first kappa shape index (κ1) is 22.4. The third-order valence-electron chi connectivity index (χ3n) is 6.18. The predicted octanol–water partition coefficient (Wildman–Crippen LogP) is 4.55.